The summed E-state index contributed by atoms with van der Waals surface area (Å²) in [6.07, 6.45) is 2.91. The summed E-state index contributed by atoms with van der Waals surface area (Å²) < 4.78 is 27.6. The Morgan fingerprint density at radius 3 is 2.33 bits per heavy atom. The van der Waals surface area contributed by atoms with E-state index in [2.05, 4.69) is 0 Å². The molecule has 1 aromatic rings. The van der Waals surface area contributed by atoms with Crippen LogP contribution in [0.1, 0.15) is 51.2 Å². The van der Waals surface area contributed by atoms with E-state index in [0.29, 0.717) is 24.5 Å². The normalized spacial score (nSPS) is 21.2. The first-order valence-corrected chi connectivity index (χ1v) is 10.1. The van der Waals surface area contributed by atoms with Crippen molar-refractivity contribution >= 4 is 21.6 Å². The number of fused-ring (bicyclic) bond motifs is 1. The summed E-state index contributed by atoms with van der Waals surface area (Å²) in [5, 5.41) is 0. The van der Waals surface area contributed by atoms with Crippen molar-refractivity contribution in [3.8, 4) is 0 Å². The number of likely N-dealkylation sites (N-methyl/N-ethyl adjacent to an activating group) is 1. The molecule has 2 aliphatic heterocycles. The summed E-state index contributed by atoms with van der Waals surface area (Å²) in [6.45, 7) is 9.35. The van der Waals surface area contributed by atoms with Crippen LogP contribution in [0, 0.1) is 6.92 Å². The number of piperidine rings is 1. The first-order valence-electron chi connectivity index (χ1n) is 8.68. The Balaban J connectivity index is 2.13. The van der Waals surface area contributed by atoms with Crippen molar-refractivity contribution in [1.29, 1.82) is 0 Å². The molecule has 3 rings (SSSR count). The molecule has 0 N–H and O–H groups in total. The first-order chi connectivity index (χ1) is 11.2. The molecule has 24 heavy (non-hydrogen) atoms. The maximum absolute atomic E-state index is 13.0. The zero-order valence-corrected chi connectivity index (χ0v) is 15.7. The van der Waals surface area contributed by atoms with Crippen LogP contribution in [0.2, 0.25) is 0 Å². The van der Waals surface area contributed by atoms with Crippen molar-refractivity contribution in [2.75, 3.05) is 24.5 Å². The van der Waals surface area contributed by atoms with Crippen molar-refractivity contribution in [1.82, 2.24) is 4.31 Å². The van der Waals surface area contributed by atoms with E-state index in [1.165, 1.54) is 0 Å². The van der Waals surface area contributed by atoms with Crippen LogP contribution < -0.4 is 4.90 Å². The van der Waals surface area contributed by atoms with Crippen LogP contribution in [-0.4, -0.2) is 38.3 Å². The van der Waals surface area contributed by atoms with Crippen molar-refractivity contribution in [3.63, 3.8) is 0 Å². The SMILES string of the molecule is CCN1C(=O)C(C)(C)c2cc(S(=O)(=O)N3CCCCC3)cc(C)c21. The fraction of sp³-hybridized carbons (Fsp3) is 0.611. The van der Waals surface area contributed by atoms with E-state index in [1.54, 1.807) is 21.3 Å². The van der Waals surface area contributed by atoms with E-state index in [-0.39, 0.29) is 5.91 Å². The molecule has 0 spiro atoms. The van der Waals surface area contributed by atoms with Gasteiger partial charge in [0.05, 0.1) is 16.0 Å². The molecule has 1 aromatic carbocycles. The molecule has 1 amide bonds. The Labute approximate surface area is 144 Å². The van der Waals surface area contributed by atoms with Gasteiger partial charge in [0, 0.05) is 19.6 Å². The lowest BCUT2D eigenvalue weighted by atomic mass is 9.85. The molecular weight excluding hydrogens is 324 g/mol. The lowest BCUT2D eigenvalue weighted by Crippen LogP contribution is -2.36. The highest BCUT2D eigenvalue weighted by atomic mass is 32.2. The van der Waals surface area contributed by atoms with Crippen LogP contribution in [0.5, 0.6) is 0 Å². The number of rotatable bonds is 3. The highest BCUT2D eigenvalue weighted by Crippen LogP contribution is 2.44. The molecule has 0 unspecified atom stereocenters. The summed E-state index contributed by atoms with van der Waals surface area (Å²) in [4.78, 5) is 14.8. The Morgan fingerprint density at radius 2 is 1.75 bits per heavy atom. The number of carbonyl (C=O) groups excluding carboxylic acids is 1. The highest BCUT2D eigenvalue weighted by Gasteiger charge is 2.45. The monoisotopic (exact) mass is 350 g/mol. The second-order valence-corrected chi connectivity index (χ2v) is 9.21. The summed E-state index contributed by atoms with van der Waals surface area (Å²) in [5.41, 5.74) is 1.86. The fourth-order valence-corrected chi connectivity index (χ4v) is 5.47. The van der Waals surface area contributed by atoms with Crippen LogP contribution in [0.3, 0.4) is 0 Å². The summed E-state index contributed by atoms with van der Waals surface area (Å²) in [6, 6.07) is 3.44. The fourth-order valence-electron chi connectivity index (χ4n) is 3.84. The number of amides is 1. The number of hydrogen-bond acceptors (Lipinski definition) is 3. The van der Waals surface area contributed by atoms with Gasteiger partial charge in [-0.15, -0.1) is 0 Å². The molecule has 0 radical (unpaired) electrons. The molecule has 6 heteroatoms. The largest absolute Gasteiger partial charge is 0.311 e. The number of sulfonamides is 1. The predicted molar refractivity (Wildman–Crippen MR) is 94.8 cm³/mol. The molecular formula is C18H26N2O3S. The number of hydrogen-bond donors (Lipinski definition) is 0. The van der Waals surface area contributed by atoms with E-state index in [0.717, 1.165) is 36.1 Å². The molecule has 5 nitrogen and oxygen atoms in total. The zero-order chi connectivity index (χ0) is 17.7. The van der Waals surface area contributed by atoms with Crippen molar-refractivity contribution in [2.45, 2.75) is 57.3 Å². The number of aryl methyl sites for hydroxylation is 1. The van der Waals surface area contributed by atoms with E-state index in [9.17, 15) is 13.2 Å². The number of benzene rings is 1. The Hall–Kier alpha value is -1.40. The smallest absolute Gasteiger partial charge is 0.243 e. The van der Waals surface area contributed by atoms with Gasteiger partial charge < -0.3 is 4.90 Å². The quantitative estimate of drug-likeness (QED) is 0.842. The lowest BCUT2D eigenvalue weighted by molar-refractivity contribution is -0.122. The van der Waals surface area contributed by atoms with Gasteiger partial charge in [-0.05, 0) is 63.8 Å². The van der Waals surface area contributed by atoms with E-state index >= 15 is 0 Å². The van der Waals surface area contributed by atoms with Crippen molar-refractivity contribution in [3.05, 3.63) is 23.3 Å². The molecule has 0 aromatic heterocycles. The third kappa shape index (κ3) is 2.47. The molecule has 1 saturated heterocycles. The minimum Gasteiger partial charge on any atom is -0.311 e. The van der Waals surface area contributed by atoms with Gasteiger partial charge in [0.2, 0.25) is 15.9 Å². The predicted octanol–water partition coefficient (Wildman–Crippen LogP) is 2.81. The van der Waals surface area contributed by atoms with Crippen LogP contribution in [-0.2, 0) is 20.2 Å². The highest BCUT2D eigenvalue weighted by molar-refractivity contribution is 7.89. The maximum atomic E-state index is 13.0. The number of nitrogens with zero attached hydrogens (tertiary/aromatic N) is 2. The molecule has 2 aliphatic rings. The Kier molecular flexibility index (Phi) is 4.24. The van der Waals surface area contributed by atoms with Crippen LogP contribution in [0.25, 0.3) is 0 Å². The van der Waals surface area contributed by atoms with Gasteiger partial charge >= 0.3 is 0 Å². The molecule has 0 saturated carbocycles. The van der Waals surface area contributed by atoms with Gasteiger partial charge in [-0.3, -0.25) is 4.79 Å². The Bertz CT molecular complexity index is 778. The zero-order valence-electron chi connectivity index (χ0n) is 14.9. The van der Waals surface area contributed by atoms with Crippen molar-refractivity contribution < 1.29 is 13.2 Å². The topological polar surface area (TPSA) is 57.7 Å². The first kappa shape index (κ1) is 17.4. The molecule has 0 bridgehead atoms. The van der Waals surface area contributed by atoms with E-state index in [1.807, 2.05) is 27.7 Å². The van der Waals surface area contributed by atoms with Crippen molar-refractivity contribution in [2.24, 2.45) is 0 Å². The molecule has 132 valence electrons. The summed E-state index contributed by atoms with van der Waals surface area (Å²) >= 11 is 0. The average Bonchev–Trinajstić information content (AvgIpc) is 2.76. The second kappa shape index (κ2) is 5.85. The number of carbonyl (C=O) groups is 1. The minimum atomic E-state index is -3.49. The van der Waals surface area contributed by atoms with E-state index < -0.39 is 15.4 Å². The van der Waals surface area contributed by atoms with Crippen LogP contribution in [0.4, 0.5) is 5.69 Å². The molecule has 0 atom stereocenters. The summed E-state index contributed by atoms with van der Waals surface area (Å²) in [5.74, 6) is 0.0376. The average molecular weight is 350 g/mol. The number of anilines is 1. The van der Waals surface area contributed by atoms with Gasteiger partial charge in [0.15, 0.2) is 0 Å². The maximum Gasteiger partial charge on any atom is 0.243 e. The second-order valence-electron chi connectivity index (χ2n) is 7.28. The standard InChI is InChI=1S/C18H26N2O3S/c1-5-20-16-13(2)11-14(12-15(16)18(3,4)17(20)21)24(22,23)19-9-7-6-8-10-19/h11-12H,5-10H2,1-4H3. The summed E-state index contributed by atoms with van der Waals surface area (Å²) in [7, 11) is -3.49. The van der Waals surface area contributed by atoms with Gasteiger partial charge in [-0.1, -0.05) is 6.42 Å². The molecule has 2 heterocycles. The third-order valence-electron chi connectivity index (χ3n) is 5.27. The van der Waals surface area contributed by atoms with Gasteiger partial charge in [0.1, 0.15) is 0 Å². The third-order valence-corrected chi connectivity index (χ3v) is 7.14. The van der Waals surface area contributed by atoms with E-state index in [4.69, 9.17) is 0 Å². The lowest BCUT2D eigenvalue weighted by Gasteiger charge is -2.27. The van der Waals surface area contributed by atoms with Gasteiger partial charge in [-0.2, -0.15) is 4.31 Å². The van der Waals surface area contributed by atoms with Crippen LogP contribution >= 0.6 is 0 Å². The minimum absolute atomic E-state index is 0.0376. The molecule has 0 aliphatic carbocycles. The molecule has 1 fully saturated rings. The Morgan fingerprint density at radius 1 is 1.12 bits per heavy atom. The van der Waals surface area contributed by atoms with Gasteiger partial charge in [-0.25, -0.2) is 8.42 Å². The van der Waals surface area contributed by atoms with Gasteiger partial charge in [0.25, 0.3) is 0 Å². The van der Waals surface area contributed by atoms with Crippen LogP contribution in [0.15, 0.2) is 17.0 Å².